The third-order valence-electron chi connectivity index (χ3n) is 3.50. The van der Waals surface area contributed by atoms with E-state index in [4.69, 9.17) is 9.84 Å². The second-order valence-electron chi connectivity index (χ2n) is 4.92. The topological polar surface area (TPSA) is 63.5 Å². The van der Waals surface area contributed by atoms with Gasteiger partial charge in [-0.1, -0.05) is 0 Å². The van der Waals surface area contributed by atoms with Gasteiger partial charge in [0.05, 0.1) is 12.0 Å². The monoisotopic (exact) mass is 306 g/mol. The van der Waals surface area contributed by atoms with Crippen LogP contribution in [0, 0.1) is 0 Å². The Kier molecular flexibility index (Phi) is 4.07. The molecule has 0 spiro atoms. The van der Waals surface area contributed by atoms with Crippen LogP contribution in [-0.4, -0.2) is 34.5 Å². The van der Waals surface area contributed by atoms with Gasteiger partial charge in [-0.05, 0) is 25.1 Å². The van der Waals surface area contributed by atoms with Crippen LogP contribution in [0.3, 0.4) is 0 Å². The molecule has 1 fully saturated rings. The number of carboxylic acids is 1. The highest BCUT2D eigenvalue weighted by atomic mass is 32.2. The Morgan fingerprint density at radius 2 is 2.43 bits per heavy atom. The van der Waals surface area contributed by atoms with Gasteiger partial charge in [0.25, 0.3) is 0 Å². The van der Waals surface area contributed by atoms with Gasteiger partial charge in [-0.2, -0.15) is 0 Å². The van der Waals surface area contributed by atoms with Gasteiger partial charge < -0.3 is 19.7 Å². The van der Waals surface area contributed by atoms with Gasteiger partial charge in [-0.15, -0.1) is 11.8 Å². The van der Waals surface area contributed by atoms with Gasteiger partial charge in [0.1, 0.15) is 12.3 Å². The summed E-state index contributed by atoms with van der Waals surface area (Å²) in [6, 6.07) is 5.84. The second kappa shape index (κ2) is 5.99. The molecule has 2 heterocycles. The molecule has 1 aromatic carbocycles. The standard InChI is InChI=1S/C15H18N2O3S/c1-2-20-10-3-4-13-11(7-10)12(15-16-5-6-21-15)8-17(13)9-14(18)19/h3-4,7-8,15-16H,2,5-6,9H2,1H3,(H,18,19). The predicted molar refractivity (Wildman–Crippen MR) is 83.9 cm³/mol. The van der Waals surface area contributed by atoms with Crippen molar-refractivity contribution in [2.45, 2.75) is 18.8 Å². The van der Waals surface area contributed by atoms with Crippen LogP contribution in [0.25, 0.3) is 10.9 Å². The Bertz CT molecular complexity index is 662. The van der Waals surface area contributed by atoms with E-state index in [1.54, 1.807) is 4.57 Å². The van der Waals surface area contributed by atoms with Gasteiger partial charge in [-0.3, -0.25) is 4.79 Å². The zero-order chi connectivity index (χ0) is 14.8. The van der Waals surface area contributed by atoms with Crippen LogP contribution in [-0.2, 0) is 11.3 Å². The maximum atomic E-state index is 11.0. The van der Waals surface area contributed by atoms with Crippen molar-refractivity contribution >= 4 is 28.6 Å². The van der Waals surface area contributed by atoms with Crippen molar-refractivity contribution < 1.29 is 14.6 Å². The molecule has 0 amide bonds. The first-order chi connectivity index (χ1) is 10.2. The van der Waals surface area contributed by atoms with Crippen molar-refractivity contribution in [3.8, 4) is 5.75 Å². The normalized spacial score (nSPS) is 18.2. The molecular weight excluding hydrogens is 288 g/mol. The van der Waals surface area contributed by atoms with Gasteiger partial charge in [0.15, 0.2) is 0 Å². The Balaban J connectivity index is 2.09. The van der Waals surface area contributed by atoms with Crippen molar-refractivity contribution in [3.05, 3.63) is 30.0 Å². The average molecular weight is 306 g/mol. The second-order valence-corrected chi connectivity index (χ2v) is 6.14. The van der Waals surface area contributed by atoms with Crippen LogP contribution in [0.15, 0.2) is 24.4 Å². The molecule has 112 valence electrons. The molecule has 1 aromatic heterocycles. The first-order valence-corrected chi connectivity index (χ1v) is 8.06. The number of carbonyl (C=O) groups is 1. The van der Waals surface area contributed by atoms with Crippen molar-refractivity contribution in [2.24, 2.45) is 0 Å². The fraction of sp³-hybridized carbons (Fsp3) is 0.400. The lowest BCUT2D eigenvalue weighted by Gasteiger charge is -2.09. The lowest BCUT2D eigenvalue weighted by molar-refractivity contribution is -0.137. The number of rotatable bonds is 5. The van der Waals surface area contributed by atoms with E-state index in [0.29, 0.717) is 6.61 Å². The third-order valence-corrected chi connectivity index (χ3v) is 4.69. The molecule has 1 saturated heterocycles. The SMILES string of the molecule is CCOc1ccc2c(c1)c(C1NCCS1)cn2CC(=O)O. The summed E-state index contributed by atoms with van der Waals surface area (Å²) in [5.74, 6) is 1.06. The zero-order valence-corrected chi connectivity index (χ0v) is 12.7. The average Bonchev–Trinajstić information content (AvgIpc) is 3.06. The van der Waals surface area contributed by atoms with Crippen LogP contribution in [0.1, 0.15) is 17.9 Å². The molecule has 2 N–H and O–H groups in total. The zero-order valence-electron chi connectivity index (χ0n) is 11.8. The smallest absolute Gasteiger partial charge is 0.323 e. The maximum Gasteiger partial charge on any atom is 0.323 e. The molecule has 1 aliphatic heterocycles. The molecule has 0 radical (unpaired) electrons. The molecule has 6 heteroatoms. The largest absolute Gasteiger partial charge is 0.494 e. The Hall–Kier alpha value is -1.66. The molecule has 1 aliphatic rings. The lowest BCUT2D eigenvalue weighted by atomic mass is 10.1. The molecule has 0 saturated carbocycles. The minimum atomic E-state index is -0.834. The summed E-state index contributed by atoms with van der Waals surface area (Å²) in [6.07, 6.45) is 1.95. The Labute approximate surface area is 127 Å². The van der Waals surface area contributed by atoms with E-state index in [1.165, 1.54) is 0 Å². The summed E-state index contributed by atoms with van der Waals surface area (Å²) >= 11 is 1.85. The summed E-state index contributed by atoms with van der Waals surface area (Å²) in [4.78, 5) is 11.0. The molecule has 2 aromatic rings. The van der Waals surface area contributed by atoms with E-state index in [9.17, 15) is 4.79 Å². The Morgan fingerprint density at radius 3 is 3.10 bits per heavy atom. The highest BCUT2D eigenvalue weighted by Gasteiger charge is 2.22. The van der Waals surface area contributed by atoms with E-state index in [0.717, 1.165) is 34.5 Å². The number of benzene rings is 1. The summed E-state index contributed by atoms with van der Waals surface area (Å²) in [5, 5.41) is 13.8. The summed E-state index contributed by atoms with van der Waals surface area (Å²) in [5.41, 5.74) is 2.07. The minimum Gasteiger partial charge on any atom is -0.494 e. The highest BCUT2D eigenvalue weighted by Crippen LogP contribution is 2.37. The highest BCUT2D eigenvalue weighted by molar-refractivity contribution is 7.99. The molecule has 0 bridgehead atoms. The van der Waals surface area contributed by atoms with Gasteiger partial charge >= 0.3 is 5.97 Å². The lowest BCUT2D eigenvalue weighted by Crippen LogP contribution is -2.12. The molecule has 0 aliphatic carbocycles. The summed E-state index contributed by atoms with van der Waals surface area (Å²) in [7, 11) is 0. The quantitative estimate of drug-likeness (QED) is 0.888. The fourth-order valence-corrected chi connectivity index (χ4v) is 3.75. The first kappa shape index (κ1) is 14.3. The number of fused-ring (bicyclic) bond motifs is 1. The number of hydrogen-bond acceptors (Lipinski definition) is 4. The van der Waals surface area contributed by atoms with Gasteiger partial charge in [0, 0.05) is 35.0 Å². The molecule has 21 heavy (non-hydrogen) atoms. The first-order valence-electron chi connectivity index (χ1n) is 7.01. The number of aromatic nitrogens is 1. The van der Waals surface area contributed by atoms with Gasteiger partial charge in [-0.25, -0.2) is 0 Å². The number of nitrogens with zero attached hydrogens (tertiary/aromatic N) is 1. The van der Waals surface area contributed by atoms with Crippen molar-refractivity contribution in [1.82, 2.24) is 9.88 Å². The Morgan fingerprint density at radius 1 is 1.57 bits per heavy atom. The number of nitrogens with one attached hydrogen (secondary N) is 1. The number of thioether (sulfide) groups is 1. The van der Waals surface area contributed by atoms with E-state index < -0.39 is 5.97 Å². The van der Waals surface area contributed by atoms with Crippen LogP contribution in [0.4, 0.5) is 0 Å². The third kappa shape index (κ3) is 2.87. The van der Waals surface area contributed by atoms with E-state index in [-0.39, 0.29) is 11.9 Å². The number of aliphatic carboxylic acids is 1. The van der Waals surface area contributed by atoms with Crippen molar-refractivity contribution in [2.75, 3.05) is 18.9 Å². The number of ether oxygens (including phenoxy) is 1. The van der Waals surface area contributed by atoms with E-state index in [2.05, 4.69) is 5.32 Å². The predicted octanol–water partition coefficient (Wildman–Crippen LogP) is 2.46. The molecule has 1 unspecified atom stereocenters. The molecule has 1 atom stereocenters. The van der Waals surface area contributed by atoms with E-state index >= 15 is 0 Å². The maximum absolute atomic E-state index is 11.0. The van der Waals surface area contributed by atoms with Crippen molar-refractivity contribution in [3.63, 3.8) is 0 Å². The van der Waals surface area contributed by atoms with Crippen LogP contribution in [0.5, 0.6) is 5.75 Å². The molecular formula is C15H18N2O3S. The number of carboxylic acid groups (broad SMARTS) is 1. The fourth-order valence-electron chi connectivity index (χ4n) is 2.67. The van der Waals surface area contributed by atoms with E-state index in [1.807, 2.05) is 43.1 Å². The molecule has 3 rings (SSSR count). The van der Waals surface area contributed by atoms with Gasteiger partial charge in [0.2, 0.25) is 0 Å². The van der Waals surface area contributed by atoms with Crippen molar-refractivity contribution in [1.29, 1.82) is 0 Å². The van der Waals surface area contributed by atoms with Crippen LogP contribution in [0.2, 0.25) is 0 Å². The molecule has 5 nitrogen and oxygen atoms in total. The van der Waals surface area contributed by atoms with Crippen LogP contribution < -0.4 is 10.1 Å². The summed E-state index contributed by atoms with van der Waals surface area (Å²) < 4.78 is 7.36. The minimum absolute atomic E-state index is 0.0259. The summed E-state index contributed by atoms with van der Waals surface area (Å²) in [6.45, 7) is 3.52. The number of hydrogen-bond donors (Lipinski definition) is 2. The van der Waals surface area contributed by atoms with Crippen LogP contribution >= 0.6 is 11.8 Å².